The monoisotopic (exact) mass is 486 g/mol. The number of carbonyl (C=O) groups excluding carboxylic acids is 3. The second-order valence-corrected chi connectivity index (χ2v) is 10.2. The summed E-state index contributed by atoms with van der Waals surface area (Å²) in [7, 11) is 0. The number of rotatable bonds is 8. The van der Waals surface area contributed by atoms with Crippen LogP contribution in [0.4, 0.5) is 0 Å². The summed E-state index contributed by atoms with van der Waals surface area (Å²) in [6, 6.07) is 4.76. The summed E-state index contributed by atoms with van der Waals surface area (Å²) >= 11 is 0. The van der Waals surface area contributed by atoms with Crippen LogP contribution in [0, 0.1) is 17.8 Å². The summed E-state index contributed by atoms with van der Waals surface area (Å²) in [5.41, 5.74) is 7.12. The van der Waals surface area contributed by atoms with E-state index in [0.29, 0.717) is 12.2 Å². The van der Waals surface area contributed by atoms with E-state index in [1.165, 1.54) is 0 Å². The molecule has 0 saturated heterocycles. The third-order valence-electron chi connectivity index (χ3n) is 6.22. The SMILES string of the molecule is CCC[C@H](C)[C@H](N)C(=O)N[C@H]1C(=O)N[C@H](CC(C)C)C(=O)NC=Cc2ccc(cc2)O[C@@H]1C(C)C. The number of carbonyl (C=O) groups is 3. The Morgan fingerprint density at radius 1 is 1.09 bits per heavy atom. The number of hydrogen-bond donors (Lipinski definition) is 4. The van der Waals surface area contributed by atoms with Gasteiger partial charge in [-0.3, -0.25) is 14.4 Å². The van der Waals surface area contributed by atoms with Crippen molar-refractivity contribution in [3.05, 3.63) is 36.0 Å². The fourth-order valence-electron chi connectivity index (χ4n) is 4.13. The smallest absolute Gasteiger partial charge is 0.247 e. The summed E-state index contributed by atoms with van der Waals surface area (Å²) in [6.45, 7) is 11.8. The molecule has 35 heavy (non-hydrogen) atoms. The molecular formula is C27H42N4O4. The van der Waals surface area contributed by atoms with Gasteiger partial charge in [-0.15, -0.1) is 0 Å². The first-order valence-electron chi connectivity index (χ1n) is 12.6. The molecule has 0 aromatic heterocycles. The van der Waals surface area contributed by atoms with Crippen LogP contribution in [0.1, 0.15) is 66.4 Å². The van der Waals surface area contributed by atoms with E-state index in [0.717, 1.165) is 18.4 Å². The predicted octanol–water partition coefficient (Wildman–Crippen LogP) is 2.97. The molecule has 0 unspecified atom stereocenters. The number of fused-ring (bicyclic) bond motifs is 10. The molecule has 1 aromatic rings. The quantitative estimate of drug-likeness (QED) is 0.450. The minimum absolute atomic E-state index is 0.0428. The zero-order chi connectivity index (χ0) is 26.1. The zero-order valence-corrected chi connectivity index (χ0v) is 21.8. The van der Waals surface area contributed by atoms with Crippen LogP contribution in [-0.4, -0.2) is 42.0 Å². The first kappa shape index (κ1) is 28.4. The first-order chi connectivity index (χ1) is 16.5. The highest BCUT2D eigenvalue weighted by Gasteiger charge is 2.37. The molecule has 194 valence electrons. The van der Waals surface area contributed by atoms with E-state index in [2.05, 4.69) is 16.0 Å². The van der Waals surface area contributed by atoms with Crippen LogP contribution in [0.3, 0.4) is 0 Å². The van der Waals surface area contributed by atoms with Crippen molar-refractivity contribution in [2.24, 2.45) is 23.5 Å². The van der Waals surface area contributed by atoms with E-state index >= 15 is 0 Å². The minimum Gasteiger partial charge on any atom is -0.487 e. The van der Waals surface area contributed by atoms with Gasteiger partial charge in [0.05, 0.1) is 6.04 Å². The minimum atomic E-state index is -1.04. The van der Waals surface area contributed by atoms with Crippen LogP contribution in [0.15, 0.2) is 30.5 Å². The fourth-order valence-corrected chi connectivity index (χ4v) is 4.13. The lowest BCUT2D eigenvalue weighted by atomic mass is 9.94. The summed E-state index contributed by atoms with van der Waals surface area (Å²) in [6.07, 6.45) is 4.81. The molecule has 5 N–H and O–H groups in total. The van der Waals surface area contributed by atoms with E-state index in [-0.39, 0.29) is 23.7 Å². The van der Waals surface area contributed by atoms with Crippen molar-refractivity contribution < 1.29 is 19.1 Å². The van der Waals surface area contributed by atoms with Gasteiger partial charge in [0.1, 0.15) is 23.9 Å². The van der Waals surface area contributed by atoms with Crippen molar-refractivity contribution in [1.82, 2.24) is 16.0 Å². The predicted molar refractivity (Wildman–Crippen MR) is 138 cm³/mol. The lowest BCUT2D eigenvalue weighted by Crippen LogP contribution is -2.62. The number of amides is 3. The maximum Gasteiger partial charge on any atom is 0.247 e. The second kappa shape index (κ2) is 13.3. The van der Waals surface area contributed by atoms with Gasteiger partial charge < -0.3 is 26.4 Å². The molecule has 1 aromatic carbocycles. The van der Waals surface area contributed by atoms with Gasteiger partial charge >= 0.3 is 0 Å². The van der Waals surface area contributed by atoms with Gasteiger partial charge in [0.25, 0.3) is 0 Å². The topological polar surface area (TPSA) is 123 Å². The average molecular weight is 487 g/mol. The molecule has 2 aliphatic heterocycles. The molecule has 2 bridgehead atoms. The van der Waals surface area contributed by atoms with Crippen LogP contribution < -0.4 is 26.4 Å². The van der Waals surface area contributed by atoms with Crippen LogP contribution in [0.5, 0.6) is 5.75 Å². The zero-order valence-electron chi connectivity index (χ0n) is 21.8. The summed E-state index contributed by atoms with van der Waals surface area (Å²) in [5, 5.41) is 8.47. The Hall–Kier alpha value is -2.87. The number of nitrogens with two attached hydrogens (primary N) is 1. The van der Waals surface area contributed by atoms with E-state index in [9.17, 15) is 14.4 Å². The summed E-state index contributed by atoms with van der Waals surface area (Å²) in [5.74, 6) is -0.641. The van der Waals surface area contributed by atoms with Crippen molar-refractivity contribution in [2.75, 3.05) is 0 Å². The van der Waals surface area contributed by atoms with Crippen LogP contribution in [0.25, 0.3) is 6.08 Å². The van der Waals surface area contributed by atoms with E-state index in [4.69, 9.17) is 10.5 Å². The number of nitrogens with one attached hydrogen (secondary N) is 3. The Balaban J connectivity index is 2.46. The lowest BCUT2D eigenvalue weighted by Gasteiger charge is -2.33. The van der Waals surface area contributed by atoms with Crippen LogP contribution in [-0.2, 0) is 14.4 Å². The molecule has 0 saturated carbocycles. The first-order valence-corrected chi connectivity index (χ1v) is 12.6. The van der Waals surface area contributed by atoms with E-state index in [1.807, 2.05) is 53.7 Å². The van der Waals surface area contributed by atoms with E-state index in [1.54, 1.807) is 24.4 Å². The van der Waals surface area contributed by atoms with Gasteiger partial charge in [0.15, 0.2) is 0 Å². The van der Waals surface area contributed by atoms with Gasteiger partial charge in [-0.1, -0.05) is 60.1 Å². The van der Waals surface area contributed by atoms with Gasteiger partial charge in [0, 0.05) is 6.20 Å². The van der Waals surface area contributed by atoms with E-state index < -0.39 is 36.0 Å². The highest BCUT2D eigenvalue weighted by atomic mass is 16.5. The second-order valence-electron chi connectivity index (χ2n) is 10.2. The molecule has 8 nitrogen and oxygen atoms in total. The molecule has 3 amide bonds. The molecule has 0 radical (unpaired) electrons. The Morgan fingerprint density at radius 2 is 1.74 bits per heavy atom. The Morgan fingerprint density at radius 3 is 2.31 bits per heavy atom. The molecule has 5 atom stereocenters. The maximum atomic E-state index is 13.6. The van der Waals surface area contributed by atoms with Gasteiger partial charge in [-0.05, 0) is 54.4 Å². The van der Waals surface area contributed by atoms with Gasteiger partial charge in [-0.25, -0.2) is 0 Å². The number of ether oxygens (including phenoxy) is 1. The average Bonchev–Trinajstić information content (AvgIpc) is 2.80. The molecule has 0 aliphatic carbocycles. The normalized spacial score (nSPS) is 22.7. The third kappa shape index (κ3) is 8.38. The Bertz CT molecular complexity index is 882. The third-order valence-corrected chi connectivity index (χ3v) is 6.22. The van der Waals surface area contributed by atoms with Crippen molar-refractivity contribution in [2.45, 2.75) is 85.0 Å². The molecule has 3 rings (SSSR count). The maximum absolute atomic E-state index is 13.6. The Kier molecular flexibility index (Phi) is 10.8. The summed E-state index contributed by atoms with van der Waals surface area (Å²) < 4.78 is 6.25. The molecule has 2 heterocycles. The molecule has 0 fully saturated rings. The lowest BCUT2D eigenvalue weighted by molar-refractivity contribution is -0.135. The number of hydrogen-bond acceptors (Lipinski definition) is 5. The highest BCUT2D eigenvalue weighted by molar-refractivity contribution is 5.93. The van der Waals surface area contributed by atoms with Crippen molar-refractivity contribution >= 4 is 23.8 Å². The fraction of sp³-hybridized carbons (Fsp3) is 0.593. The standard InChI is InChI=1S/C27H42N4O4/c1-7-8-18(6)22(28)26(33)31-23-24(17(4)5)35-20-11-9-19(10-12-20)13-14-29-25(32)21(15-16(2)3)30-27(23)34/h9-14,16-18,21-24H,7-8,15,28H2,1-6H3,(H,29,32)(H,30,34)(H,31,33)/t18-,21+,22-,23+,24+/m0/s1. The summed E-state index contributed by atoms with van der Waals surface area (Å²) in [4.78, 5) is 39.6. The molecule has 2 aliphatic rings. The largest absolute Gasteiger partial charge is 0.487 e. The van der Waals surface area contributed by atoms with Gasteiger partial charge in [-0.2, -0.15) is 0 Å². The molecular weight excluding hydrogens is 444 g/mol. The highest BCUT2D eigenvalue weighted by Crippen LogP contribution is 2.21. The van der Waals surface area contributed by atoms with Crippen molar-refractivity contribution in [3.8, 4) is 5.75 Å². The molecule has 8 heteroatoms. The van der Waals surface area contributed by atoms with Crippen LogP contribution in [0.2, 0.25) is 0 Å². The van der Waals surface area contributed by atoms with Crippen molar-refractivity contribution in [1.29, 1.82) is 0 Å². The van der Waals surface area contributed by atoms with Crippen molar-refractivity contribution in [3.63, 3.8) is 0 Å². The number of benzene rings is 1. The van der Waals surface area contributed by atoms with Gasteiger partial charge in [0.2, 0.25) is 17.7 Å². The van der Waals surface area contributed by atoms with Crippen LogP contribution >= 0.6 is 0 Å². The Labute approximate surface area is 209 Å². The molecule has 0 spiro atoms.